The number of aryl methyl sites for hydroxylation is 1. The Morgan fingerprint density at radius 1 is 1.23 bits per heavy atom. The quantitative estimate of drug-likeness (QED) is 0.522. The van der Waals surface area contributed by atoms with Crippen LogP contribution in [-0.4, -0.2) is 46.0 Å². The zero-order valence-corrected chi connectivity index (χ0v) is 20.6. The summed E-state index contributed by atoms with van der Waals surface area (Å²) in [5, 5.41) is 6.74. The Labute approximate surface area is 207 Å². The summed E-state index contributed by atoms with van der Waals surface area (Å²) in [4.78, 5) is 49.3. The number of thiazole rings is 1. The number of hydrogen-bond acceptors (Lipinski definition) is 7. The third-order valence-electron chi connectivity index (χ3n) is 6.77. The van der Waals surface area contributed by atoms with Crippen LogP contribution in [-0.2, 0) is 22.6 Å². The van der Waals surface area contributed by atoms with Gasteiger partial charge in [0, 0.05) is 19.6 Å². The Morgan fingerprint density at radius 2 is 2.09 bits per heavy atom. The Bertz CT molecular complexity index is 1300. The van der Waals surface area contributed by atoms with Gasteiger partial charge in [-0.25, -0.2) is 4.98 Å². The normalized spacial score (nSPS) is 19.5. The van der Waals surface area contributed by atoms with E-state index in [1.165, 1.54) is 27.8 Å². The molecule has 35 heavy (non-hydrogen) atoms. The van der Waals surface area contributed by atoms with Gasteiger partial charge in [-0.05, 0) is 43.2 Å². The minimum Gasteiger partial charge on any atom is -0.356 e. The molecule has 2 atom stereocenters. The molecule has 1 fully saturated rings. The molecule has 3 heterocycles. The molecule has 2 aromatic heterocycles. The van der Waals surface area contributed by atoms with Crippen LogP contribution in [0.25, 0.3) is 10.3 Å². The van der Waals surface area contributed by atoms with Gasteiger partial charge in [0.1, 0.15) is 17.6 Å². The highest BCUT2D eigenvalue weighted by molar-refractivity contribution is 7.22. The molecule has 1 aliphatic carbocycles. The standard InChI is InChI=1S/C25H30N6O3S/c1-2-11-26-23(33)17-7-5-12-30(13-17)25-29-22-21(35-25)24(34)31(15-27-22)14-20(32)28-19-10-9-16-6-3-4-8-18(16)19/h3-4,6,8,15,17,19H,2,5,7,9-14H2,1H3,(H,26,33)(H,28,32)/t17-,19+/m0/s1. The van der Waals surface area contributed by atoms with Crippen molar-refractivity contribution >= 4 is 38.6 Å². The average molecular weight is 495 g/mol. The minimum absolute atomic E-state index is 0.0253. The summed E-state index contributed by atoms with van der Waals surface area (Å²) in [5.74, 6) is -0.220. The number of rotatable bonds is 7. The second-order valence-corrected chi connectivity index (χ2v) is 10.2. The fourth-order valence-electron chi connectivity index (χ4n) is 4.94. The van der Waals surface area contributed by atoms with Gasteiger partial charge in [-0.2, -0.15) is 4.98 Å². The van der Waals surface area contributed by atoms with E-state index in [0.717, 1.165) is 44.2 Å². The molecule has 2 N–H and O–H groups in total. The second-order valence-electron chi connectivity index (χ2n) is 9.26. The molecule has 0 radical (unpaired) electrons. The van der Waals surface area contributed by atoms with Crippen molar-refractivity contribution in [2.24, 2.45) is 5.92 Å². The fraction of sp³-hybridized carbons (Fsp3) is 0.480. The predicted octanol–water partition coefficient (Wildman–Crippen LogP) is 2.40. The van der Waals surface area contributed by atoms with E-state index in [9.17, 15) is 14.4 Å². The van der Waals surface area contributed by atoms with Gasteiger partial charge < -0.3 is 15.5 Å². The third-order valence-corrected chi connectivity index (χ3v) is 7.86. The Morgan fingerprint density at radius 3 is 2.94 bits per heavy atom. The summed E-state index contributed by atoms with van der Waals surface area (Å²) in [7, 11) is 0. The van der Waals surface area contributed by atoms with Gasteiger partial charge in [0.2, 0.25) is 11.8 Å². The molecule has 3 aromatic rings. The summed E-state index contributed by atoms with van der Waals surface area (Å²) in [6, 6.07) is 8.10. The van der Waals surface area contributed by atoms with Crippen molar-refractivity contribution < 1.29 is 9.59 Å². The number of carbonyl (C=O) groups excluding carboxylic acids is 2. The van der Waals surface area contributed by atoms with Gasteiger partial charge in [0.25, 0.3) is 5.56 Å². The molecule has 10 heteroatoms. The van der Waals surface area contributed by atoms with Gasteiger partial charge in [0.05, 0.1) is 12.0 Å². The van der Waals surface area contributed by atoms with Crippen LogP contribution in [0.1, 0.15) is 49.8 Å². The molecule has 5 rings (SSSR count). The number of benzene rings is 1. The molecule has 2 aliphatic rings. The smallest absolute Gasteiger partial charge is 0.273 e. The number of amides is 2. The van der Waals surface area contributed by atoms with Gasteiger partial charge in [-0.1, -0.05) is 42.5 Å². The predicted molar refractivity (Wildman–Crippen MR) is 136 cm³/mol. The second kappa shape index (κ2) is 10.2. The molecule has 9 nitrogen and oxygen atoms in total. The first-order valence-corrected chi connectivity index (χ1v) is 13.1. The SMILES string of the molecule is CCCNC(=O)[C@H]1CCCN(c2nc3ncn(CC(=O)N[C@@H]4CCc5ccccc54)c(=O)c3s2)C1. The summed E-state index contributed by atoms with van der Waals surface area (Å²) >= 11 is 1.28. The van der Waals surface area contributed by atoms with Gasteiger partial charge >= 0.3 is 0 Å². The van der Waals surface area contributed by atoms with Crippen molar-refractivity contribution in [2.45, 2.75) is 51.6 Å². The van der Waals surface area contributed by atoms with Crippen LogP contribution in [0.5, 0.6) is 0 Å². The first-order valence-electron chi connectivity index (χ1n) is 12.3. The first kappa shape index (κ1) is 23.5. The zero-order valence-electron chi connectivity index (χ0n) is 19.8. The molecular formula is C25H30N6O3S. The largest absolute Gasteiger partial charge is 0.356 e. The molecule has 0 saturated carbocycles. The minimum atomic E-state index is -0.269. The Kier molecular flexibility index (Phi) is 6.81. The molecule has 0 bridgehead atoms. The number of carbonyl (C=O) groups is 2. The van der Waals surface area contributed by atoms with E-state index in [1.807, 2.05) is 25.1 Å². The van der Waals surface area contributed by atoms with E-state index in [2.05, 4.69) is 31.6 Å². The average Bonchev–Trinajstić information content (AvgIpc) is 3.49. The third kappa shape index (κ3) is 4.93. The Hall–Kier alpha value is -3.27. The van der Waals surface area contributed by atoms with E-state index in [-0.39, 0.29) is 35.9 Å². The van der Waals surface area contributed by atoms with Crippen molar-refractivity contribution in [1.29, 1.82) is 0 Å². The maximum absolute atomic E-state index is 13.1. The van der Waals surface area contributed by atoms with Gasteiger partial charge in [-0.15, -0.1) is 0 Å². The molecule has 0 unspecified atom stereocenters. The highest BCUT2D eigenvalue weighted by atomic mass is 32.1. The van der Waals surface area contributed by atoms with Crippen molar-refractivity contribution in [1.82, 2.24) is 25.2 Å². The molecule has 1 aliphatic heterocycles. The van der Waals surface area contributed by atoms with Crippen LogP contribution in [0.2, 0.25) is 0 Å². The topological polar surface area (TPSA) is 109 Å². The van der Waals surface area contributed by atoms with E-state index in [0.29, 0.717) is 28.6 Å². The fourth-order valence-corrected chi connectivity index (χ4v) is 5.95. The molecular weight excluding hydrogens is 464 g/mol. The number of hydrogen-bond donors (Lipinski definition) is 2. The van der Waals surface area contributed by atoms with E-state index in [4.69, 9.17) is 0 Å². The summed E-state index contributed by atoms with van der Waals surface area (Å²) in [6.45, 7) is 4.00. The maximum atomic E-state index is 13.1. The number of piperidine rings is 1. The molecule has 0 spiro atoms. The Balaban J connectivity index is 1.28. The number of fused-ring (bicyclic) bond motifs is 2. The van der Waals surface area contributed by atoms with Crippen molar-refractivity contribution in [3.05, 3.63) is 52.1 Å². The summed E-state index contributed by atoms with van der Waals surface area (Å²) in [6.07, 6.45) is 5.85. The summed E-state index contributed by atoms with van der Waals surface area (Å²) in [5.41, 5.74) is 2.53. The van der Waals surface area contributed by atoms with Crippen LogP contribution in [0.4, 0.5) is 5.13 Å². The maximum Gasteiger partial charge on any atom is 0.273 e. The van der Waals surface area contributed by atoms with Crippen LogP contribution in [0.15, 0.2) is 35.4 Å². The first-order chi connectivity index (χ1) is 17.0. The van der Waals surface area contributed by atoms with Gasteiger partial charge in [-0.3, -0.25) is 19.0 Å². The van der Waals surface area contributed by atoms with E-state index >= 15 is 0 Å². The van der Waals surface area contributed by atoms with Crippen molar-refractivity contribution in [3.63, 3.8) is 0 Å². The molecule has 1 saturated heterocycles. The number of nitrogens with zero attached hydrogens (tertiary/aromatic N) is 4. The van der Waals surface area contributed by atoms with E-state index < -0.39 is 0 Å². The lowest BCUT2D eigenvalue weighted by Crippen LogP contribution is -2.43. The zero-order chi connectivity index (χ0) is 24.4. The van der Waals surface area contributed by atoms with Crippen LogP contribution < -0.4 is 21.1 Å². The lowest BCUT2D eigenvalue weighted by atomic mass is 9.97. The van der Waals surface area contributed by atoms with Crippen LogP contribution in [0, 0.1) is 5.92 Å². The lowest BCUT2D eigenvalue weighted by molar-refractivity contribution is -0.125. The number of nitrogens with one attached hydrogen (secondary N) is 2. The van der Waals surface area contributed by atoms with Crippen molar-refractivity contribution in [3.8, 4) is 0 Å². The highest BCUT2D eigenvalue weighted by Gasteiger charge is 2.28. The van der Waals surface area contributed by atoms with E-state index in [1.54, 1.807) is 0 Å². The van der Waals surface area contributed by atoms with Crippen molar-refractivity contribution in [2.75, 3.05) is 24.5 Å². The molecule has 1 aromatic carbocycles. The highest BCUT2D eigenvalue weighted by Crippen LogP contribution is 2.31. The van der Waals surface area contributed by atoms with Crippen LogP contribution in [0.3, 0.4) is 0 Å². The summed E-state index contributed by atoms with van der Waals surface area (Å²) < 4.78 is 1.77. The number of anilines is 1. The van der Waals surface area contributed by atoms with Gasteiger partial charge in [0.15, 0.2) is 10.8 Å². The molecule has 184 valence electrons. The molecule has 2 amide bonds. The van der Waals surface area contributed by atoms with Crippen LogP contribution >= 0.6 is 11.3 Å². The number of aromatic nitrogens is 3. The monoisotopic (exact) mass is 494 g/mol. The lowest BCUT2D eigenvalue weighted by Gasteiger charge is -2.31.